The number of hydrogen-bond acceptors (Lipinski definition) is 3. The van der Waals surface area contributed by atoms with Crippen molar-refractivity contribution < 1.29 is 14.3 Å². The number of hydrogen-bond donors (Lipinski definition) is 0. The van der Waals surface area contributed by atoms with Crippen LogP contribution in [-0.2, 0) is 20.7 Å². The second-order valence-electron chi connectivity index (χ2n) is 7.09. The molecule has 0 spiro atoms. The number of Topliss-reactive ketones (excluding diaryl/α,β-unsaturated/α-hetero) is 2. The molecule has 2 bridgehead atoms. The summed E-state index contributed by atoms with van der Waals surface area (Å²) in [6.45, 7) is 6.19. The molecule has 3 fully saturated rings. The Balaban J connectivity index is 1.81. The molecule has 1 aliphatic carbocycles. The molecule has 0 N–H and O–H groups in total. The summed E-state index contributed by atoms with van der Waals surface area (Å²) in [4.78, 5) is 26.0. The fourth-order valence-corrected chi connectivity index (χ4v) is 4.98. The van der Waals surface area contributed by atoms with Gasteiger partial charge in [0, 0.05) is 0 Å². The summed E-state index contributed by atoms with van der Waals surface area (Å²) < 4.78 is 5.83. The Bertz CT molecular complexity index is 648. The Morgan fingerprint density at radius 1 is 1.05 bits per heavy atom. The molecule has 3 nitrogen and oxygen atoms in total. The first-order chi connectivity index (χ1) is 10.5. The van der Waals surface area contributed by atoms with E-state index in [0.717, 1.165) is 36.0 Å². The van der Waals surface area contributed by atoms with Crippen molar-refractivity contribution in [3.8, 4) is 0 Å². The van der Waals surface area contributed by atoms with Gasteiger partial charge in [0.15, 0.2) is 11.6 Å². The number of carbonyl (C=O) groups excluding carboxylic acids is 2. The molecule has 4 rings (SSSR count). The predicted molar refractivity (Wildman–Crippen MR) is 82.9 cm³/mol. The number of ketones is 2. The highest BCUT2D eigenvalue weighted by molar-refractivity contribution is 6.17. The van der Waals surface area contributed by atoms with E-state index in [9.17, 15) is 9.59 Å². The lowest BCUT2D eigenvalue weighted by molar-refractivity contribution is -0.127. The summed E-state index contributed by atoms with van der Waals surface area (Å²) in [5, 5.41) is 0. The van der Waals surface area contributed by atoms with Crippen LogP contribution in [0.3, 0.4) is 0 Å². The van der Waals surface area contributed by atoms with Gasteiger partial charge in [-0.15, -0.1) is 0 Å². The van der Waals surface area contributed by atoms with Crippen LogP contribution >= 0.6 is 0 Å². The van der Waals surface area contributed by atoms with Gasteiger partial charge in [0.25, 0.3) is 0 Å². The van der Waals surface area contributed by atoms with Gasteiger partial charge < -0.3 is 4.74 Å². The van der Waals surface area contributed by atoms with Crippen LogP contribution in [0.4, 0.5) is 0 Å². The van der Waals surface area contributed by atoms with Crippen LogP contribution in [0.1, 0.15) is 47.9 Å². The summed E-state index contributed by atoms with van der Waals surface area (Å²) in [5.74, 6) is -0.673. The topological polar surface area (TPSA) is 43.4 Å². The second-order valence-corrected chi connectivity index (χ2v) is 7.09. The Labute approximate surface area is 131 Å². The van der Waals surface area contributed by atoms with E-state index in [2.05, 4.69) is 26.0 Å². The van der Waals surface area contributed by atoms with E-state index in [1.165, 1.54) is 5.56 Å². The lowest BCUT2D eigenvalue weighted by Gasteiger charge is -2.19. The van der Waals surface area contributed by atoms with Crippen molar-refractivity contribution in [2.24, 2.45) is 11.8 Å². The van der Waals surface area contributed by atoms with E-state index >= 15 is 0 Å². The highest BCUT2D eigenvalue weighted by Gasteiger charge is 2.63. The second kappa shape index (κ2) is 4.76. The van der Waals surface area contributed by atoms with E-state index in [0.29, 0.717) is 0 Å². The van der Waals surface area contributed by atoms with Crippen molar-refractivity contribution in [2.75, 3.05) is 0 Å². The Kier molecular flexibility index (Phi) is 3.06. The molecule has 3 aliphatic rings. The average molecular weight is 298 g/mol. The summed E-state index contributed by atoms with van der Waals surface area (Å²) in [6, 6.07) is 4.22. The van der Waals surface area contributed by atoms with Crippen molar-refractivity contribution in [3.63, 3.8) is 0 Å². The van der Waals surface area contributed by atoms with Gasteiger partial charge in [-0.3, -0.25) is 9.59 Å². The Morgan fingerprint density at radius 2 is 1.64 bits per heavy atom. The summed E-state index contributed by atoms with van der Waals surface area (Å²) in [5.41, 5.74) is 4.41. The van der Waals surface area contributed by atoms with Crippen LogP contribution in [0.5, 0.6) is 0 Å². The molecule has 0 radical (unpaired) electrons. The third-order valence-electron chi connectivity index (χ3n) is 5.79. The van der Waals surface area contributed by atoms with Crippen molar-refractivity contribution in [3.05, 3.63) is 34.4 Å². The zero-order valence-electron chi connectivity index (χ0n) is 13.4. The molecule has 2 saturated heterocycles. The molecule has 5 atom stereocenters. The maximum absolute atomic E-state index is 13.0. The summed E-state index contributed by atoms with van der Waals surface area (Å²) in [7, 11) is 0. The summed E-state index contributed by atoms with van der Waals surface area (Å²) >= 11 is 0. The van der Waals surface area contributed by atoms with Crippen molar-refractivity contribution >= 4 is 11.6 Å². The molecule has 116 valence electrons. The number of benzene rings is 1. The van der Waals surface area contributed by atoms with Gasteiger partial charge in [0.1, 0.15) is 5.92 Å². The minimum absolute atomic E-state index is 0.00715. The molecule has 22 heavy (non-hydrogen) atoms. The quantitative estimate of drug-likeness (QED) is 0.789. The first kappa shape index (κ1) is 14.1. The van der Waals surface area contributed by atoms with Crippen molar-refractivity contribution in [1.29, 1.82) is 0 Å². The molecule has 2 aliphatic heterocycles. The third kappa shape index (κ3) is 1.72. The zero-order chi connectivity index (χ0) is 15.6. The fraction of sp³-hybridized carbons (Fsp3) is 0.579. The molecule has 1 aromatic carbocycles. The standard InChI is InChI=1S/C19H22O3/c1-4-11-8-9(2)7-10(3)14(11)17-18(20)15-12-5-6-13(22-12)16(15)19(17)21/h7-8,12-13,15-17H,4-6H2,1-3H3/t12-,13+,15-,16+,17?. The van der Waals surface area contributed by atoms with Crippen LogP contribution in [0, 0.1) is 25.7 Å². The molecule has 1 saturated carbocycles. The van der Waals surface area contributed by atoms with Crippen molar-refractivity contribution in [1.82, 2.24) is 0 Å². The van der Waals surface area contributed by atoms with E-state index < -0.39 is 5.92 Å². The minimum Gasteiger partial charge on any atom is -0.373 e. The zero-order valence-corrected chi connectivity index (χ0v) is 13.4. The van der Waals surface area contributed by atoms with Gasteiger partial charge in [0.2, 0.25) is 0 Å². The molecule has 3 heteroatoms. The predicted octanol–water partition coefficient (Wildman–Crippen LogP) is 2.89. The molecule has 1 unspecified atom stereocenters. The van der Waals surface area contributed by atoms with Crippen LogP contribution in [0.15, 0.2) is 12.1 Å². The van der Waals surface area contributed by atoms with Crippen LogP contribution in [0.25, 0.3) is 0 Å². The van der Waals surface area contributed by atoms with E-state index in [4.69, 9.17) is 4.74 Å². The lowest BCUT2D eigenvalue weighted by Crippen LogP contribution is -2.29. The Hall–Kier alpha value is -1.48. The number of aryl methyl sites for hydroxylation is 3. The van der Waals surface area contributed by atoms with Crippen LogP contribution < -0.4 is 0 Å². The van der Waals surface area contributed by atoms with Gasteiger partial charge in [-0.1, -0.05) is 24.6 Å². The minimum atomic E-state index is -0.544. The summed E-state index contributed by atoms with van der Waals surface area (Å²) in [6.07, 6.45) is 2.71. The van der Waals surface area contributed by atoms with Gasteiger partial charge in [0.05, 0.1) is 24.0 Å². The van der Waals surface area contributed by atoms with E-state index in [-0.39, 0.29) is 35.6 Å². The average Bonchev–Trinajstić information content (AvgIpc) is 3.14. The highest BCUT2D eigenvalue weighted by Crippen LogP contribution is 2.52. The highest BCUT2D eigenvalue weighted by atomic mass is 16.5. The fourth-order valence-electron chi connectivity index (χ4n) is 4.98. The van der Waals surface area contributed by atoms with Gasteiger partial charge in [-0.25, -0.2) is 0 Å². The number of carbonyl (C=O) groups is 2. The number of fused-ring (bicyclic) bond motifs is 5. The maximum atomic E-state index is 13.0. The molecule has 0 aromatic heterocycles. The maximum Gasteiger partial charge on any atom is 0.154 e. The number of ether oxygens (including phenoxy) is 1. The molecule has 0 amide bonds. The smallest absolute Gasteiger partial charge is 0.154 e. The molecular weight excluding hydrogens is 276 g/mol. The lowest BCUT2D eigenvalue weighted by atomic mass is 9.81. The molecule has 2 heterocycles. The van der Waals surface area contributed by atoms with Crippen LogP contribution in [-0.4, -0.2) is 23.8 Å². The first-order valence-electron chi connectivity index (χ1n) is 8.35. The first-order valence-corrected chi connectivity index (χ1v) is 8.35. The SMILES string of the molecule is CCc1cc(C)cc(C)c1C1C(=O)[C@@H]2[C@H](C1=O)[C@H]1CC[C@@H]2O1. The van der Waals surface area contributed by atoms with Gasteiger partial charge in [-0.2, -0.15) is 0 Å². The normalized spacial score (nSPS) is 36.2. The molecule has 1 aromatic rings. The van der Waals surface area contributed by atoms with Gasteiger partial charge in [-0.05, 0) is 49.8 Å². The third-order valence-corrected chi connectivity index (χ3v) is 5.79. The van der Waals surface area contributed by atoms with Crippen molar-refractivity contribution in [2.45, 2.75) is 58.2 Å². The van der Waals surface area contributed by atoms with E-state index in [1.54, 1.807) is 0 Å². The number of rotatable bonds is 2. The van der Waals surface area contributed by atoms with Crippen LogP contribution in [0.2, 0.25) is 0 Å². The largest absolute Gasteiger partial charge is 0.373 e. The van der Waals surface area contributed by atoms with E-state index in [1.807, 2.05) is 6.92 Å². The monoisotopic (exact) mass is 298 g/mol. The molecular formula is C19H22O3. The van der Waals surface area contributed by atoms with Gasteiger partial charge >= 0.3 is 0 Å². The Morgan fingerprint density at radius 3 is 2.18 bits per heavy atom.